The molecular formula is C6H6N2O2S2. The van der Waals surface area contributed by atoms with Crippen LogP contribution in [0.25, 0.3) is 0 Å². The Morgan fingerprint density at radius 1 is 1.67 bits per heavy atom. The summed E-state index contributed by atoms with van der Waals surface area (Å²) in [6, 6.07) is 0. The lowest BCUT2D eigenvalue weighted by Crippen LogP contribution is -2.10. The van der Waals surface area contributed by atoms with Crippen molar-refractivity contribution >= 4 is 39.1 Å². The predicted molar refractivity (Wildman–Crippen MR) is 49.4 cm³/mol. The van der Waals surface area contributed by atoms with E-state index in [1.807, 2.05) is 0 Å². The van der Waals surface area contributed by atoms with E-state index in [-0.39, 0.29) is 5.69 Å². The fourth-order valence-electron chi connectivity index (χ4n) is 0.589. The van der Waals surface area contributed by atoms with Crippen LogP contribution in [0.5, 0.6) is 0 Å². The summed E-state index contributed by atoms with van der Waals surface area (Å²) in [6.45, 7) is 0. The maximum absolute atomic E-state index is 11.1. The number of aromatic nitrogens is 1. The van der Waals surface area contributed by atoms with Gasteiger partial charge in [-0.25, -0.2) is 4.98 Å². The average molecular weight is 202 g/mol. The van der Waals surface area contributed by atoms with Crippen molar-refractivity contribution in [2.75, 3.05) is 12.0 Å². The zero-order valence-corrected chi connectivity index (χ0v) is 7.87. The quantitative estimate of drug-likeness (QED) is 0.567. The summed E-state index contributed by atoms with van der Waals surface area (Å²) in [5.41, 5.74) is 5.43. The van der Waals surface area contributed by atoms with E-state index in [0.29, 0.717) is 5.13 Å². The van der Waals surface area contributed by atoms with Crippen molar-refractivity contribution in [2.24, 2.45) is 0 Å². The Hall–Kier alpha value is -0.880. The third-order valence-corrected chi connectivity index (χ3v) is 2.36. The summed E-state index contributed by atoms with van der Waals surface area (Å²) in [4.78, 5) is 25.7. The van der Waals surface area contributed by atoms with Crippen molar-refractivity contribution in [1.82, 2.24) is 4.98 Å². The molecule has 0 aromatic carbocycles. The normalized spacial score (nSPS) is 9.75. The van der Waals surface area contributed by atoms with Gasteiger partial charge in [0, 0.05) is 5.38 Å². The summed E-state index contributed by atoms with van der Waals surface area (Å²) in [5.74, 6) is -0.588. The molecule has 0 saturated carbocycles. The molecule has 0 aliphatic heterocycles. The zero-order valence-electron chi connectivity index (χ0n) is 6.23. The van der Waals surface area contributed by atoms with E-state index in [1.54, 1.807) is 6.26 Å². The van der Waals surface area contributed by atoms with Crippen molar-refractivity contribution in [2.45, 2.75) is 0 Å². The highest BCUT2D eigenvalue weighted by molar-refractivity contribution is 8.14. The van der Waals surface area contributed by atoms with Crippen LogP contribution in [0.2, 0.25) is 0 Å². The number of nitrogen functional groups attached to an aromatic ring is 1. The van der Waals surface area contributed by atoms with Gasteiger partial charge in [-0.3, -0.25) is 9.59 Å². The van der Waals surface area contributed by atoms with Gasteiger partial charge in [0.2, 0.25) is 0 Å². The fraction of sp³-hybridized carbons (Fsp3) is 0.167. The molecule has 2 N–H and O–H groups in total. The predicted octanol–water partition coefficient (Wildman–Crippen LogP) is 0.798. The molecule has 0 spiro atoms. The van der Waals surface area contributed by atoms with Crippen LogP contribution in [0.1, 0.15) is 10.5 Å². The molecule has 0 unspecified atom stereocenters. The molecule has 6 heteroatoms. The van der Waals surface area contributed by atoms with E-state index >= 15 is 0 Å². The first-order valence-electron chi connectivity index (χ1n) is 2.99. The Morgan fingerprint density at radius 3 is 2.75 bits per heavy atom. The molecule has 64 valence electrons. The number of nitrogens with zero attached hydrogens (tertiary/aromatic N) is 1. The van der Waals surface area contributed by atoms with Crippen molar-refractivity contribution < 1.29 is 9.59 Å². The zero-order chi connectivity index (χ0) is 9.14. The Balaban J connectivity index is 2.85. The number of carbonyl (C=O) groups excluding carboxylic acids is 2. The van der Waals surface area contributed by atoms with E-state index in [4.69, 9.17) is 5.73 Å². The van der Waals surface area contributed by atoms with Crippen LogP contribution in [0.4, 0.5) is 5.13 Å². The second-order valence-electron chi connectivity index (χ2n) is 1.89. The minimum absolute atomic E-state index is 0.136. The number of hydrogen-bond donors (Lipinski definition) is 1. The van der Waals surface area contributed by atoms with Crippen LogP contribution in [0.3, 0.4) is 0 Å². The molecule has 1 rings (SSSR count). The molecule has 1 aromatic heterocycles. The first-order chi connectivity index (χ1) is 5.65. The highest BCUT2D eigenvalue weighted by Crippen LogP contribution is 2.13. The van der Waals surface area contributed by atoms with Gasteiger partial charge in [-0.05, 0) is 6.26 Å². The van der Waals surface area contributed by atoms with Gasteiger partial charge in [0.15, 0.2) is 5.13 Å². The number of nitrogens with two attached hydrogens (primary N) is 1. The van der Waals surface area contributed by atoms with Crippen molar-refractivity contribution in [1.29, 1.82) is 0 Å². The number of rotatable bonds is 2. The minimum atomic E-state index is -0.588. The highest BCUT2D eigenvalue weighted by atomic mass is 32.2. The molecule has 1 heterocycles. The Labute approximate surface area is 77.2 Å². The van der Waals surface area contributed by atoms with Gasteiger partial charge in [-0.15, -0.1) is 11.3 Å². The molecule has 4 nitrogen and oxygen atoms in total. The standard InChI is InChI=1S/C6H6N2O2S2/c1-11-5(10)4(9)3-2-12-6(7)8-3/h2H,1H3,(H2,7,8). The average Bonchev–Trinajstić information content (AvgIpc) is 2.49. The molecule has 0 atom stereocenters. The molecule has 0 aliphatic rings. The molecule has 0 saturated heterocycles. The molecule has 0 fully saturated rings. The summed E-state index contributed by atoms with van der Waals surface area (Å²) < 4.78 is 0. The van der Waals surface area contributed by atoms with E-state index < -0.39 is 10.9 Å². The second-order valence-corrected chi connectivity index (χ2v) is 3.56. The maximum Gasteiger partial charge on any atom is 0.261 e. The molecule has 12 heavy (non-hydrogen) atoms. The Bertz CT molecular complexity index is 321. The van der Waals surface area contributed by atoms with Crippen molar-refractivity contribution in [3.8, 4) is 0 Å². The first kappa shape index (κ1) is 9.21. The molecule has 0 radical (unpaired) electrons. The monoisotopic (exact) mass is 202 g/mol. The molecule has 0 aliphatic carbocycles. The molecule has 0 amide bonds. The van der Waals surface area contributed by atoms with Crippen molar-refractivity contribution in [3.63, 3.8) is 0 Å². The molecular weight excluding hydrogens is 196 g/mol. The Morgan fingerprint density at radius 2 is 2.33 bits per heavy atom. The van der Waals surface area contributed by atoms with Crippen molar-refractivity contribution in [3.05, 3.63) is 11.1 Å². The second kappa shape index (κ2) is 3.68. The SMILES string of the molecule is CSC(=O)C(=O)c1csc(N)n1. The first-order valence-corrected chi connectivity index (χ1v) is 5.09. The summed E-state index contributed by atoms with van der Waals surface area (Å²) in [7, 11) is 0. The van der Waals surface area contributed by atoms with Gasteiger partial charge in [0.25, 0.3) is 10.9 Å². The topological polar surface area (TPSA) is 73.0 Å². The number of anilines is 1. The minimum Gasteiger partial charge on any atom is -0.375 e. The number of thioether (sulfide) groups is 1. The van der Waals surface area contributed by atoms with Gasteiger partial charge < -0.3 is 5.73 Å². The maximum atomic E-state index is 11.1. The lowest BCUT2D eigenvalue weighted by atomic mass is 10.3. The fourth-order valence-corrected chi connectivity index (χ4v) is 1.42. The van der Waals surface area contributed by atoms with E-state index in [2.05, 4.69) is 4.98 Å². The van der Waals surface area contributed by atoms with Crippen LogP contribution >= 0.6 is 23.1 Å². The molecule has 1 aromatic rings. The summed E-state index contributed by atoms with van der Waals surface area (Å²) in [5, 5.41) is 1.26. The van der Waals surface area contributed by atoms with Crippen LogP contribution in [0, 0.1) is 0 Å². The van der Waals surface area contributed by atoms with E-state index in [9.17, 15) is 9.59 Å². The van der Waals surface area contributed by atoms with E-state index in [0.717, 1.165) is 23.1 Å². The van der Waals surface area contributed by atoms with Gasteiger partial charge in [-0.1, -0.05) is 11.8 Å². The smallest absolute Gasteiger partial charge is 0.261 e. The molecule has 0 bridgehead atoms. The highest BCUT2D eigenvalue weighted by Gasteiger charge is 2.17. The summed E-state index contributed by atoms with van der Waals surface area (Å²) >= 11 is 2.02. The van der Waals surface area contributed by atoms with Crippen LogP contribution in [-0.4, -0.2) is 22.1 Å². The Kier molecular flexibility index (Phi) is 2.83. The number of carbonyl (C=O) groups is 2. The number of ketones is 1. The van der Waals surface area contributed by atoms with Gasteiger partial charge in [0.1, 0.15) is 5.69 Å². The third kappa shape index (κ3) is 1.83. The third-order valence-electron chi connectivity index (χ3n) is 1.13. The number of hydrogen-bond acceptors (Lipinski definition) is 6. The van der Waals surface area contributed by atoms with Gasteiger partial charge in [0.05, 0.1) is 0 Å². The summed E-state index contributed by atoms with van der Waals surface area (Å²) in [6.07, 6.45) is 1.55. The van der Waals surface area contributed by atoms with Crippen LogP contribution in [0.15, 0.2) is 5.38 Å². The van der Waals surface area contributed by atoms with Crippen LogP contribution in [-0.2, 0) is 4.79 Å². The van der Waals surface area contributed by atoms with Gasteiger partial charge in [-0.2, -0.15) is 0 Å². The lowest BCUT2D eigenvalue weighted by molar-refractivity contribution is -0.107. The van der Waals surface area contributed by atoms with Crippen LogP contribution < -0.4 is 5.73 Å². The van der Waals surface area contributed by atoms with Gasteiger partial charge >= 0.3 is 0 Å². The largest absolute Gasteiger partial charge is 0.375 e. The number of thiazole rings is 1. The van der Waals surface area contributed by atoms with E-state index in [1.165, 1.54) is 5.38 Å². The lowest BCUT2D eigenvalue weighted by Gasteiger charge is -1.89. The number of Topliss-reactive ketones (excluding diaryl/α,β-unsaturated/α-hetero) is 1.